The maximum absolute atomic E-state index is 12.9. The molecule has 0 atom stereocenters. The van der Waals surface area contributed by atoms with Gasteiger partial charge in [0.15, 0.2) is 0 Å². The lowest BCUT2D eigenvalue weighted by atomic mass is 10.1. The van der Waals surface area contributed by atoms with Crippen LogP contribution in [-0.4, -0.2) is 33.7 Å². The first-order valence-corrected chi connectivity index (χ1v) is 12.3. The van der Waals surface area contributed by atoms with E-state index in [4.69, 9.17) is 4.74 Å². The van der Waals surface area contributed by atoms with Crippen molar-refractivity contribution in [3.63, 3.8) is 0 Å². The second-order valence-corrected chi connectivity index (χ2v) is 9.70. The van der Waals surface area contributed by atoms with Crippen LogP contribution in [0.1, 0.15) is 27.0 Å². The van der Waals surface area contributed by atoms with E-state index in [0.29, 0.717) is 17.0 Å². The molecule has 0 aliphatic rings. The third-order valence-electron chi connectivity index (χ3n) is 5.19. The van der Waals surface area contributed by atoms with Crippen LogP contribution >= 0.6 is 0 Å². The fourth-order valence-electron chi connectivity index (χ4n) is 3.17. The SMILES string of the molecule is Cc1ccc(N(Cc2ccc(C(=O)NCCOc3ccc(F)cc3)cc2)S(C)(=O)=O)cc1C. The fourth-order valence-corrected chi connectivity index (χ4v) is 4.05. The molecule has 1 amide bonds. The molecule has 8 heteroatoms. The van der Waals surface area contributed by atoms with Crippen molar-refractivity contribution in [3.8, 4) is 5.75 Å². The maximum atomic E-state index is 12.9. The smallest absolute Gasteiger partial charge is 0.251 e. The third-order valence-corrected chi connectivity index (χ3v) is 6.33. The van der Waals surface area contributed by atoms with Gasteiger partial charge in [0.05, 0.1) is 25.0 Å². The summed E-state index contributed by atoms with van der Waals surface area (Å²) in [7, 11) is -3.49. The van der Waals surface area contributed by atoms with Crippen molar-refractivity contribution in [1.82, 2.24) is 5.32 Å². The molecule has 0 saturated carbocycles. The Morgan fingerprint density at radius 1 is 0.970 bits per heavy atom. The van der Waals surface area contributed by atoms with E-state index in [0.717, 1.165) is 16.7 Å². The molecule has 33 heavy (non-hydrogen) atoms. The number of aryl methyl sites for hydroxylation is 2. The summed E-state index contributed by atoms with van der Waals surface area (Å²) >= 11 is 0. The lowest BCUT2D eigenvalue weighted by Crippen LogP contribution is -2.29. The molecule has 0 aromatic heterocycles. The third kappa shape index (κ3) is 6.79. The Hall–Kier alpha value is -3.39. The molecule has 0 heterocycles. The van der Waals surface area contributed by atoms with Crippen molar-refractivity contribution in [1.29, 1.82) is 0 Å². The number of halogens is 1. The number of nitrogens with one attached hydrogen (secondary N) is 1. The second kappa shape index (κ2) is 10.5. The minimum Gasteiger partial charge on any atom is -0.492 e. The predicted molar refractivity (Wildman–Crippen MR) is 128 cm³/mol. The highest BCUT2D eigenvalue weighted by molar-refractivity contribution is 7.92. The van der Waals surface area contributed by atoms with Gasteiger partial charge in [-0.2, -0.15) is 0 Å². The average Bonchev–Trinajstić information content (AvgIpc) is 2.78. The summed E-state index contributed by atoms with van der Waals surface area (Å²) in [5.41, 5.74) is 3.92. The Kier molecular flexibility index (Phi) is 7.71. The first-order chi connectivity index (χ1) is 15.6. The van der Waals surface area contributed by atoms with E-state index >= 15 is 0 Å². The lowest BCUT2D eigenvalue weighted by molar-refractivity contribution is 0.0947. The van der Waals surface area contributed by atoms with E-state index in [1.54, 1.807) is 30.3 Å². The summed E-state index contributed by atoms with van der Waals surface area (Å²) in [6.07, 6.45) is 1.18. The van der Waals surface area contributed by atoms with Gasteiger partial charge in [0.25, 0.3) is 5.91 Å². The molecule has 0 spiro atoms. The summed E-state index contributed by atoms with van der Waals surface area (Å²) in [6, 6.07) is 18.0. The van der Waals surface area contributed by atoms with Crippen LogP contribution in [0.25, 0.3) is 0 Å². The topological polar surface area (TPSA) is 75.7 Å². The van der Waals surface area contributed by atoms with Crippen molar-refractivity contribution in [2.24, 2.45) is 0 Å². The first-order valence-electron chi connectivity index (χ1n) is 10.4. The van der Waals surface area contributed by atoms with Crippen molar-refractivity contribution >= 4 is 21.6 Å². The average molecular weight is 471 g/mol. The molecule has 0 radical (unpaired) electrons. The standard InChI is InChI=1S/C25H27FN2O4S/c1-18-4-11-23(16-19(18)2)28(33(3,30)31)17-20-5-7-21(8-6-20)25(29)27-14-15-32-24-12-9-22(26)10-13-24/h4-13,16H,14-15,17H2,1-3H3,(H,27,29). The summed E-state index contributed by atoms with van der Waals surface area (Å²) in [4.78, 5) is 12.4. The molecule has 0 aliphatic heterocycles. The van der Waals surface area contributed by atoms with Crippen molar-refractivity contribution in [3.05, 3.63) is 94.8 Å². The Morgan fingerprint density at radius 3 is 2.24 bits per heavy atom. The number of benzene rings is 3. The molecule has 1 N–H and O–H groups in total. The number of amides is 1. The number of rotatable bonds is 9. The van der Waals surface area contributed by atoms with E-state index in [1.165, 1.54) is 34.8 Å². The molecular formula is C25H27FN2O4S. The van der Waals surface area contributed by atoms with Gasteiger partial charge in [0, 0.05) is 5.56 Å². The molecule has 6 nitrogen and oxygen atoms in total. The van der Waals surface area contributed by atoms with Gasteiger partial charge in [-0.1, -0.05) is 18.2 Å². The number of hydrogen-bond donors (Lipinski definition) is 1. The van der Waals surface area contributed by atoms with Crippen LogP contribution in [0.3, 0.4) is 0 Å². The Bertz CT molecular complexity index is 1210. The van der Waals surface area contributed by atoms with Crippen molar-refractivity contribution in [2.45, 2.75) is 20.4 Å². The van der Waals surface area contributed by atoms with E-state index in [9.17, 15) is 17.6 Å². The van der Waals surface area contributed by atoms with Gasteiger partial charge in [-0.25, -0.2) is 12.8 Å². The Morgan fingerprint density at radius 2 is 1.64 bits per heavy atom. The largest absolute Gasteiger partial charge is 0.492 e. The number of carbonyl (C=O) groups excluding carboxylic acids is 1. The van der Waals surface area contributed by atoms with Gasteiger partial charge >= 0.3 is 0 Å². The van der Waals surface area contributed by atoms with Gasteiger partial charge in [0.2, 0.25) is 10.0 Å². The van der Waals surface area contributed by atoms with Crippen molar-refractivity contribution < 1.29 is 22.3 Å². The zero-order valence-corrected chi connectivity index (χ0v) is 19.7. The predicted octanol–water partition coefficient (Wildman–Crippen LogP) is 4.22. The summed E-state index contributed by atoms with van der Waals surface area (Å²) in [5.74, 6) is -0.0830. The van der Waals surface area contributed by atoms with Crippen LogP contribution in [0.4, 0.5) is 10.1 Å². The van der Waals surface area contributed by atoms with Gasteiger partial charge in [-0.3, -0.25) is 9.10 Å². The Balaban J connectivity index is 1.59. The van der Waals surface area contributed by atoms with E-state index in [1.807, 2.05) is 26.0 Å². The number of hydrogen-bond acceptors (Lipinski definition) is 4. The van der Waals surface area contributed by atoms with Crippen LogP contribution in [0.2, 0.25) is 0 Å². The van der Waals surface area contributed by atoms with Crippen molar-refractivity contribution in [2.75, 3.05) is 23.7 Å². The highest BCUT2D eigenvalue weighted by Crippen LogP contribution is 2.23. The quantitative estimate of drug-likeness (QED) is 0.475. The highest BCUT2D eigenvalue weighted by Gasteiger charge is 2.18. The van der Waals surface area contributed by atoms with Crippen LogP contribution in [0.15, 0.2) is 66.7 Å². The molecule has 0 aliphatic carbocycles. The zero-order chi connectivity index (χ0) is 24.0. The maximum Gasteiger partial charge on any atom is 0.251 e. The summed E-state index contributed by atoms with van der Waals surface area (Å²) < 4.78 is 44.5. The van der Waals surface area contributed by atoms with Gasteiger partial charge < -0.3 is 10.1 Å². The van der Waals surface area contributed by atoms with E-state index in [2.05, 4.69) is 5.32 Å². The lowest BCUT2D eigenvalue weighted by Gasteiger charge is -2.23. The molecule has 3 rings (SSSR count). The van der Waals surface area contributed by atoms with Gasteiger partial charge in [-0.05, 0) is 79.1 Å². The number of anilines is 1. The van der Waals surface area contributed by atoms with Crippen LogP contribution < -0.4 is 14.4 Å². The minimum atomic E-state index is -3.49. The zero-order valence-electron chi connectivity index (χ0n) is 18.8. The molecule has 3 aromatic carbocycles. The molecule has 0 saturated heterocycles. The van der Waals surface area contributed by atoms with Crippen LogP contribution in [0, 0.1) is 19.7 Å². The summed E-state index contributed by atoms with van der Waals surface area (Å²) in [5, 5.41) is 2.76. The summed E-state index contributed by atoms with van der Waals surface area (Å²) in [6.45, 7) is 4.61. The number of ether oxygens (including phenoxy) is 1. The van der Waals surface area contributed by atoms with Gasteiger partial charge in [0.1, 0.15) is 18.2 Å². The van der Waals surface area contributed by atoms with Crippen LogP contribution in [0.5, 0.6) is 5.75 Å². The minimum absolute atomic E-state index is 0.161. The number of sulfonamides is 1. The monoisotopic (exact) mass is 470 g/mol. The molecule has 0 fully saturated rings. The molecule has 3 aromatic rings. The fraction of sp³-hybridized carbons (Fsp3) is 0.240. The van der Waals surface area contributed by atoms with Gasteiger partial charge in [-0.15, -0.1) is 0 Å². The molecular weight excluding hydrogens is 443 g/mol. The highest BCUT2D eigenvalue weighted by atomic mass is 32.2. The first kappa shape index (κ1) is 24.3. The Labute approximate surface area is 194 Å². The van der Waals surface area contributed by atoms with E-state index in [-0.39, 0.29) is 31.4 Å². The molecule has 174 valence electrons. The van der Waals surface area contributed by atoms with E-state index < -0.39 is 10.0 Å². The number of nitrogens with zero attached hydrogens (tertiary/aromatic N) is 1. The molecule has 0 bridgehead atoms. The van der Waals surface area contributed by atoms with Crippen LogP contribution in [-0.2, 0) is 16.6 Å². The second-order valence-electron chi connectivity index (χ2n) is 7.79. The normalized spacial score (nSPS) is 11.2. The molecule has 0 unspecified atom stereocenters. The number of carbonyl (C=O) groups is 1.